The van der Waals surface area contributed by atoms with Crippen LogP contribution in [0.5, 0.6) is 0 Å². The van der Waals surface area contributed by atoms with Crippen LogP contribution in [-0.2, 0) is 0 Å². The number of carboxylic acid groups (broad SMARTS) is 1. The Hall–Kier alpha value is -1.77. The maximum Gasteiger partial charge on any atom is 0.337 e. The predicted molar refractivity (Wildman–Crippen MR) is 76.7 cm³/mol. The largest absolute Gasteiger partial charge is 0.478 e. The first-order valence-corrected chi connectivity index (χ1v) is 6.48. The van der Waals surface area contributed by atoms with Gasteiger partial charge in [-0.25, -0.2) is 19.2 Å². The zero-order valence-electron chi connectivity index (χ0n) is 9.55. The summed E-state index contributed by atoms with van der Waals surface area (Å²) in [5.41, 5.74) is 6.57. The van der Waals surface area contributed by atoms with Crippen LogP contribution in [0, 0.1) is 0 Å². The van der Waals surface area contributed by atoms with E-state index in [9.17, 15) is 9.18 Å². The highest BCUT2D eigenvalue weighted by Gasteiger charge is 2.12. The molecule has 98 valence electrons. The van der Waals surface area contributed by atoms with Gasteiger partial charge >= 0.3 is 5.97 Å². The lowest BCUT2D eigenvalue weighted by molar-refractivity contribution is 0.0698. The van der Waals surface area contributed by atoms with Crippen LogP contribution >= 0.6 is 22.6 Å². The van der Waals surface area contributed by atoms with E-state index in [2.05, 4.69) is 9.97 Å². The molecular weight excluding hydrogens is 364 g/mol. The van der Waals surface area contributed by atoms with Gasteiger partial charge in [-0.15, -0.1) is 0 Å². The molecule has 2 rings (SSSR count). The predicted octanol–water partition coefficient (Wildman–Crippen LogP) is 2.83. The van der Waals surface area contributed by atoms with Gasteiger partial charge in [0.2, 0.25) is 0 Å². The normalized spacial score (nSPS) is 12.1. The number of carboxylic acids is 1. The second kappa shape index (κ2) is 5.47. The van der Waals surface area contributed by atoms with Crippen molar-refractivity contribution in [2.45, 2.75) is 4.18 Å². The van der Waals surface area contributed by atoms with Gasteiger partial charge in [0.1, 0.15) is 0 Å². The average molecular weight is 373 g/mol. The van der Waals surface area contributed by atoms with Gasteiger partial charge < -0.3 is 10.8 Å². The molecule has 0 spiro atoms. The van der Waals surface area contributed by atoms with Gasteiger partial charge in [-0.1, -0.05) is 6.07 Å². The van der Waals surface area contributed by atoms with Gasteiger partial charge in [0, 0.05) is 17.4 Å². The zero-order valence-corrected chi connectivity index (χ0v) is 11.7. The molecule has 0 radical (unpaired) electrons. The third-order valence-corrected chi connectivity index (χ3v) is 3.08. The number of nitrogens with zero attached hydrogens (tertiary/aromatic N) is 2. The van der Waals surface area contributed by atoms with E-state index in [0.717, 1.165) is 0 Å². The van der Waals surface area contributed by atoms with Crippen LogP contribution in [-0.4, -0.2) is 21.0 Å². The fourth-order valence-corrected chi connectivity index (χ4v) is 1.88. The SMILES string of the molecule is Nc1cc(-c2nccc(C(F)I)n2)ccc1C(=O)O. The molecule has 1 heterocycles. The topological polar surface area (TPSA) is 89.1 Å². The molecular formula is C12H9FIN3O2. The number of anilines is 1. The molecule has 0 fully saturated rings. The third kappa shape index (κ3) is 2.98. The molecule has 1 atom stereocenters. The minimum Gasteiger partial charge on any atom is -0.478 e. The highest BCUT2D eigenvalue weighted by Crippen LogP contribution is 2.26. The maximum absolute atomic E-state index is 13.2. The smallest absolute Gasteiger partial charge is 0.337 e. The van der Waals surface area contributed by atoms with Gasteiger partial charge in [-0.05, 0) is 40.8 Å². The van der Waals surface area contributed by atoms with Gasteiger partial charge in [-0.2, -0.15) is 0 Å². The lowest BCUT2D eigenvalue weighted by Crippen LogP contribution is -2.03. The molecule has 7 heteroatoms. The molecule has 0 aliphatic rings. The van der Waals surface area contributed by atoms with E-state index >= 15 is 0 Å². The molecule has 0 saturated heterocycles. The molecule has 19 heavy (non-hydrogen) atoms. The van der Waals surface area contributed by atoms with E-state index in [1.54, 1.807) is 28.7 Å². The lowest BCUT2D eigenvalue weighted by atomic mass is 10.1. The number of nitrogens with two attached hydrogens (primary N) is 1. The molecule has 3 N–H and O–H groups in total. The second-order valence-electron chi connectivity index (χ2n) is 3.71. The van der Waals surface area contributed by atoms with Crippen LogP contribution in [0.25, 0.3) is 11.4 Å². The quantitative estimate of drug-likeness (QED) is 0.491. The Morgan fingerprint density at radius 2 is 2.16 bits per heavy atom. The molecule has 0 saturated carbocycles. The number of carbonyl (C=O) groups is 1. The Morgan fingerprint density at radius 3 is 2.74 bits per heavy atom. The number of rotatable bonds is 3. The van der Waals surface area contributed by atoms with Crippen LogP contribution in [0.1, 0.15) is 20.2 Å². The van der Waals surface area contributed by atoms with Crippen LogP contribution in [0.2, 0.25) is 0 Å². The molecule has 2 aromatic rings. The van der Waals surface area contributed by atoms with Crippen LogP contribution in [0.15, 0.2) is 30.5 Å². The highest BCUT2D eigenvalue weighted by molar-refractivity contribution is 14.1. The van der Waals surface area contributed by atoms with Gasteiger partial charge in [0.15, 0.2) is 10.0 Å². The number of aromatic carboxylic acids is 1. The van der Waals surface area contributed by atoms with Crippen molar-refractivity contribution in [3.63, 3.8) is 0 Å². The summed E-state index contributed by atoms with van der Waals surface area (Å²) in [7, 11) is 0. The lowest BCUT2D eigenvalue weighted by Gasteiger charge is -2.06. The molecule has 0 amide bonds. The van der Waals surface area contributed by atoms with Crippen molar-refractivity contribution in [2.75, 3.05) is 5.73 Å². The van der Waals surface area contributed by atoms with Crippen molar-refractivity contribution in [1.82, 2.24) is 9.97 Å². The van der Waals surface area contributed by atoms with Crippen molar-refractivity contribution in [3.05, 3.63) is 41.7 Å². The van der Waals surface area contributed by atoms with E-state index in [0.29, 0.717) is 11.4 Å². The Morgan fingerprint density at radius 1 is 1.42 bits per heavy atom. The Bertz CT molecular complexity index is 634. The molecule has 0 aliphatic heterocycles. The Kier molecular flexibility index (Phi) is 3.93. The van der Waals surface area contributed by atoms with E-state index in [4.69, 9.17) is 10.8 Å². The Labute approximate surface area is 121 Å². The first-order valence-electron chi connectivity index (χ1n) is 5.23. The summed E-state index contributed by atoms with van der Waals surface area (Å²) in [6, 6.07) is 5.86. The summed E-state index contributed by atoms with van der Waals surface area (Å²) < 4.78 is 11.9. The summed E-state index contributed by atoms with van der Waals surface area (Å²) in [5, 5.41) is 8.88. The number of hydrogen-bond donors (Lipinski definition) is 2. The molecule has 1 aromatic carbocycles. The fraction of sp³-hybridized carbons (Fsp3) is 0.0833. The number of benzene rings is 1. The Balaban J connectivity index is 2.45. The molecule has 1 aromatic heterocycles. The fourth-order valence-electron chi connectivity index (χ4n) is 1.53. The second-order valence-corrected chi connectivity index (χ2v) is 4.81. The highest BCUT2D eigenvalue weighted by atomic mass is 127. The molecule has 0 aliphatic carbocycles. The third-order valence-electron chi connectivity index (χ3n) is 2.44. The number of nitrogen functional groups attached to an aromatic ring is 1. The minimum atomic E-state index is -1.23. The molecule has 5 nitrogen and oxygen atoms in total. The number of aromatic nitrogens is 2. The summed E-state index contributed by atoms with van der Waals surface area (Å²) in [6.07, 6.45) is 1.45. The first-order chi connectivity index (χ1) is 8.99. The molecule has 0 bridgehead atoms. The van der Waals surface area contributed by atoms with E-state index < -0.39 is 10.1 Å². The summed E-state index contributed by atoms with van der Waals surface area (Å²) in [6.45, 7) is 0. The van der Waals surface area contributed by atoms with Crippen molar-refractivity contribution in [3.8, 4) is 11.4 Å². The average Bonchev–Trinajstić information content (AvgIpc) is 2.38. The molecule has 1 unspecified atom stereocenters. The van der Waals surface area contributed by atoms with Crippen LogP contribution in [0.4, 0.5) is 10.1 Å². The van der Waals surface area contributed by atoms with Crippen LogP contribution < -0.4 is 5.73 Å². The minimum absolute atomic E-state index is 0.0113. The summed E-state index contributed by atoms with van der Waals surface area (Å²) >= 11 is 1.61. The van der Waals surface area contributed by atoms with Crippen LogP contribution in [0.3, 0.4) is 0 Å². The standard InChI is InChI=1S/C12H9FIN3O2/c13-10(14)9-3-4-16-11(17-9)6-1-2-7(12(18)19)8(15)5-6/h1-5,10H,15H2,(H,18,19). The monoisotopic (exact) mass is 373 g/mol. The summed E-state index contributed by atoms with van der Waals surface area (Å²) in [4.78, 5) is 18.9. The van der Waals surface area contributed by atoms with Crippen molar-refractivity contribution in [1.29, 1.82) is 0 Å². The number of halogens is 2. The zero-order chi connectivity index (χ0) is 14.0. The maximum atomic E-state index is 13.2. The van der Waals surface area contributed by atoms with Crippen molar-refractivity contribution < 1.29 is 14.3 Å². The number of hydrogen-bond acceptors (Lipinski definition) is 4. The van der Waals surface area contributed by atoms with E-state index in [1.807, 2.05) is 0 Å². The number of alkyl halides is 2. The van der Waals surface area contributed by atoms with E-state index in [-0.39, 0.29) is 16.9 Å². The summed E-state index contributed by atoms with van der Waals surface area (Å²) in [5.74, 6) is -0.796. The van der Waals surface area contributed by atoms with Gasteiger partial charge in [0.25, 0.3) is 0 Å². The first kappa shape index (κ1) is 13.7. The van der Waals surface area contributed by atoms with Crippen molar-refractivity contribution >= 4 is 34.2 Å². The van der Waals surface area contributed by atoms with E-state index in [1.165, 1.54) is 24.4 Å². The van der Waals surface area contributed by atoms with Crippen molar-refractivity contribution in [2.24, 2.45) is 0 Å². The van der Waals surface area contributed by atoms with Gasteiger partial charge in [-0.3, -0.25) is 0 Å². The van der Waals surface area contributed by atoms with Gasteiger partial charge in [0.05, 0.1) is 11.3 Å².